The van der Waals surface area contributed by atoms with E-state index in [1.807, 2.05) is 32.0 Å². The summed E-state index contributed by atoms with van der Waals surface area (Å²) in [4.78, 5) is 12.2. The van der Waals surface area contributed by atoms with Crippen LogP contribution in [0.25, 0.3) is 0 Å². The normalized spacial score (nSPS) is 18.7. The van der Waals surface area contributed by atoms with Crippen LogP contribution in [0.1, 0.15) is 29.3 Å². The molecule has 1 unspecified atom stereocenters. The second-order valence-corrected chi connectivity index (χ2v) is 4.61. The number of carbonyl (C=O) groups excluding carboxylic acids is 1. The van der Waals surface area contributed by atoms with Crippen molar-refractivity contribution < 1.29 is 9.53 Å². The molecule has 1 heterocycles. The van der Waals surface area contributed by atoms with Crippen LogP contribution in [0.2, 0.25) is 0 Å². The fourth-order valence-corrected chi connectivity index (χ4v) is 2.10. The lowest BCUT2D eigenvalue weighted by Gasteiger charge is -2.14. The van der Waals surface area contributed by atoms with Crippen molar-refractivity contribution in [1.29, 1.82) is 0 Å². The van der Waals surface area contributed by atoms with Gasteiger partial charge in [-0.1, -0.05) is 6.07 Å². The fraction of sp³-hybridized carbons (Fsp3) is 0.500. The lowest BCUT2D eigenvalue weighted by Crippen LogP contribution is -2.35. The van der Waals surface area contributed by atoms with Crippen molar-refractivity contribution in [2.45, 2.75) is 26.3 Å². The average Bonchev–Trinajstić information content (AvgIpc) is 2.82. The molecule has 4 nitrogen and oxygen atoms in total. The lowest BCUT2D eigenvalue weighted by atomic mass is 10.1. The van der Waals surface area contributed by atoms with Gasteiger partial charge in [0.2, 0.25) is 0 Å². The highest BCUT2D eigenvalue weighted by molar-refractivity contribution is 5.99. The maximum Gasteiger partial charge on any atom is 0.253 e. The molecule has 0 spiro atoms. The Morgan fingerprint density at radius 2 is 2.33 bits per heavy atom. The van der Waals surface area contributed by atoms with Crippen molar-refractivity contribution in [3.63, 3.8) is 0 Å². The van der Waals surface area contributed by atoms with Gasteiger partial charge in [-0.15, -0.1) is 0 Å². The molecule has 1 saturated heterocycles. The fourth-order valence-electron chi connectivity index (χ4n) is 2.10. The molecule has 1 aromatic rings. The number of hydrogen-bond acceptors (Lipinski definition) is 3. The number of hydrogen-bond donors (Lipinski definition) is 2. The number of amides is 1. The van der Waals surface area contributed by atoms with Crippen LogP contribution in [0.15, 0.2) is 18.2 Å². The second-order valence-electron chi connectivity index (χ2n) is 4.61. The topological polar surface area (TPSA) is 50.4 Å². The quantitative estimate of drug-likeness (QED) is 0.856. The van der Waals surface area contributed by atoms with E-state index in [4.69, 9.17) is 4.74 Å². The van der Waals surface area contributed by atoms with Crippen molar-refractivity contribution in [1.82, 2.24) is 5.32 Å². The van der Waals surface area contributed by atoms with Gasteiger partial charge in [0, 0.05) is 18.8 Å². The third-order valence-electron chi connectivity index (χ3n) is 3.05. The first-order valence-electron chi connectivity index (χ1n) is 6.44. The number of anilines is 1. The number of carbonyl (C=O) groups is 1. The average molecular weight is 248 g/mol. The van der Waals surface area contributed by atoms with Gasteiger partial charge < -0.3 is 15.4 Å². The van der Waals surface area contributed by atoms with Crippen LogP contribution in [0.4, 0.5) is 5.69 Å². The van der Waals surface area contributed by atoms with Gasteiger partial charge in [-0.2, -0.15) is 0 Å². The number of benzene rings is 1. The molecule has 1 amide bonds. The van der Waals surface area contributed by atoms with E-state index in [1.165, 1.54) is 0 Å². The molecule has 1 atom stereocenters. The lowest BCUT2D eigenvalue weighted by molar-refractivity contribution is 0.0930. The molecule has 98 valence electrons. The second kappa shape index (κ2) is 5.87. The van der Waals surface area contributed by atoms with Crippen LogP contribution >= 0.6 is 0 Å². The summed E-state index contributed by atoms with van der Waals surface area (Å²) in [6.07, 6.45) is 0.897. The van der Waals surface area contributed by atoms with E-state index in [0.29, 0.717) is 12.2 Å². The molecule has 2 N–H and O–H groups in total. The Balaban J connectivity index is 2.12. The molecule has 1 fully saturated rings. The van der Waals surface area contributed by atoms with E-state index in [1.54, 1.807) is 0 Å². The number of nitrogens with one attached hydrogen (secondary N) is 2. The van der Waals surface area contributed by atoms with Crippen molar-refractivity contribution in [2.24, 2.45) is 0 Å². The summed E-state index contributed by atoms with van der Waals surface area (Å²) in [7, 11) is 0. The Hall–Kier alpha value is -1.55. The summed E-state index contributed by atoms with van der Waals surface area (Å²) < 4.78 is 5.26. The van der Waals surface area contributed by atoms with Crippen molar-refractivity contribution in [3.05, 3.63) is 29.3 Å². The molecule has 1 aliphatic rings. The number of rotatable bonds is 4. The molecule has 0 aliphatic carbocycles. The summed E-state index contributed by atoms with van der Waals surface area (Å²) in [5, 5.41) is 6.24. The summed E-state index contributed by atoms with van der Waals surface area (Å²) in [6, 6.07) is 5.98. The highest BCUT2D eigenvalue weighted by Gasteiger charge is 2.20. The molecule has 2 rings (SSSR count). The molecular formula is C14H20N2O2. The molecule has 4 heteroatoms. The van der Waals surface area contributed by atoms with Crippen molar-refractivity contribution in [3.8, 4) is 0 Å². The minimum atomic E-state index is -0.0264. The van der Waals surface area contributed by atoms with Crippen LogP contribution in [-0.4, -0.2) is 31.7 Å². The maximum atomic E-state index is 12.2. The highest BCUT2D eigenvalue weighted by Crippen LogP contribution is 2.18. The molecule has 18 heavy (non-hydrogen) atoms. The van der Waals surface area contributed by atoms with Gasteiger partial charge in [-0.25, -0.2) is 0 Å². The molecule has 1 aliphatic heterocycles. The predicted molar refractivity (Wildman–Crippen MR) is 72.0 cm³/mol. The van der Waals surface area contributed by atoms with E-state index in [0.717, 1.165) is 30.8 Å². The third kappa shape index (κ3) is 3.01. The minimum Gasteiger partial charge on any atom is -0.385 e. The van der Waals surface area contributed by atoms with Crippen LogP contribution in [0, 0.1) is 6.92 Å². The van der Waals surface area contributed by atoms with E-state index < -0.39 is 0 Å². The van der Waals surface area contributed by atoms with Crippen LogP contribution < -0.4 is 10.6 Å². The molecule has 1 aromatic carbocycles. The van der Waals surface area contributed by atoms with E-state index >= 15 is 0 Å². The van der Waals surface area contributed by atoms with Gasteiger partial charge in [0.25, 0.3) is 5.91 Å². The Morgan fingerprint density at radius 3 is 3.00 bits per heavy atom. The molecular weight excluding hydrogens is 228 g/mol. The molecule has 0 bridgehead atoms. The van der Waals surface area contributed by atoms with Gasteiger partial charge in [0.1, 0.15) is 0 Å². The standard InChI is InChI=1S/C14H20N2O2/c1-3-15-13-8-10(2)4-5-12(13)14(17)16-11-6-7-18-9-11/h4-5,8,11,15H,3,6-7,9H2,1-2H3,(H,16,17). The van der Waals surface area contributed by atoms with Gasteiger partial charge in [-0.3, -0.25) is 4.79 Å². The Labute approximate surface area is 108 Å². The first-order chi connectivity index (χ1) is 8.70. The van der Waals surface area contributed by atoms with E-state index in [-0.39, 0.29) is 11.9 Å². The van der Waals surface area contributed by atoms with Gasteiger partial charge in [-0.05, 0) is 38.0 Å². The van der Waals surface area contributed by atoms with Crippen LogP contribution in [0.3, 0.4) is 0 Å². The Morgan fingerprint density at radius 1 is 1.50 bits per heavy atom. The van der Waals surface area contributed by atoms with E-state index in [9.17, 15) is 4.79 Å². The van der Waals surface area contributed by atoms with Gasteiger partial charge in [0.05, 0.1) is 18.2 Å². The summed E-state index contributed by atoms with van der Waals surface area (Å²) in [6.45, 7) is 6.20. The number of ether oxygens (including phenoxy) is 1. The SMILES string of the molecule is CCNc1cc(C)ccc1C(=O)NC1CCOC1. The maximum absolute atomic E-state index is 12.2. The third-order valence-corrected chi connectivity index (χ3v) is 3.05. The zero-order valence-electron chi connectivity index (χ0n) is 11.0. The van der Waals surface area contributed by atoms with Gasteiger partial charge >= 0.3 is 0 Å². The largest absolute Gasteiger partial charge is 0.385 e. The van der Waals surface area contributed by atoms with Gasteiger partial charge in [0.15, 0.2) is 0 Å². The molecule has 0 radical (unpaired) electrons. The zero-order valence-corrected chi connectivity index (χ0v) is 11.0. The van der Waals surface area contributed by atoms with Crippen LogP contribution in [0.5, 0.6) is 0 Å². The van der Waals surface area contributed by atoms with Crippen molar-refractivity contribution >= 4 is 11.6 Å². The molecule has 0 saturated carbocycles. The monoisotopic (exact) mass is 248 g/mol. The molecule has 0 aromatic heterocycles. The summed E-state index contributed by atoms with van der Waals surface area (Å²) in [5.74, 6) is -0.0264. The Bertz CT molecular complexity index is 426. The van der Waals surface area contributed by atoms with Crippen molar-refractivity contribution in [2.75, 3.05) is 25.1 Å². The first-order valence-corrected chi connectivity index (χ1v) is 6.44. The zero-order chi connectivity index (χ0) is 13.0. The minimum absolute atomic E-state index is 0.0264. The summed E-state index contributed by atoms with van der Waals surface area (Å²) in [5.41, 5.74) is 2.75. The first kappa shape index (κ1) is 12.9. The summed E-state index contributed by atoms with van der Waals surface area (Å²) >= 11 is 0. The highest BCUT2D eigenvalue weighted by atomic mass is 16.5. The van der Waals surface area contributed by atoms with E-state index in [2.05, 4.69) is 10.6 Å². The van der Waals surface area contributed by atoms with Crippen LogP contribution in [-0.2, 0) is 4.74 Å². The number of aryl methyl sites for hydroxylation is 1. The predicted octanol–water partition coefficient (Wildman–Crippen LogP) is 1.95. The Kier molecular flexibility index (Phi) is 4.20. The smallest absolute Gasteiger partial charge is 0.253 e.